The average Bonchev–Trinajstić information content (AvgIpc) is 2.69. The first kappa shape index (κ1) is 21.5. The lowest BCUT2D eigenvalue weighted by atomic mass is 10.2. The standard InChI is InChI=1S/C20H15Cl3N2O3S/c21-16-8-6-14(7-9-16)13-28-20-18(22)10-15(11-19(20)23)12-24-25-29(26,27)17-4-2-1-3-5-17/h1-12,25H,13H2/b24-12-. The van der Waals surface area contributed by atoms with E-state index in [2.05, 4.69) is 9.93 Å². The van der Waals surface area contributed by atoms with Gasteiger partial charge in [-0.1, -0.05) is 65.1 Å². The van der Waals surface area contributed by atoms with E-state index in [-0.39, 0.29) is 21.5 Å². The molecule has 150 valence electrons. The van der Waals surface area contributed by atoms with Crippen LogP contribution in [0.3, 0.4) is 0 Å². The molecule has 0 fully saturated rings. The first-order chi connectivity index (χ1) is 13.8. The molecule has 0 unspecified atom stereocenters. The summed E-state index contributed by atoms with van der Waals surface area (Å²) in [6.07, 6.45) is 1.31. The van der Waals surface area contributed by atoms with E-state index in [9.17, 15) is 8.42 Å². The Bertz CT molecular complexity index is 1100. The minimum atomic E-state index is -3.75. The number of hydrogen-bond donors (Lipinski definition) is 1. The highest BCUT2D eigenvalue weighted by Gasteiger charge is 2.12. The third-order valence-corrected chi connectivity index (χ3v) is 5.81. The maximum absolute atomic E-state index is 12.1. The van der Waals surface area contributed by atoms with Crippen molar-refractivity contribution in [2.45, 2.75) is 11.5 Å². The van der Waals surface area contributed by atoms with Gasteiger partial charge in [0.15, 0.2) is 5.75 Å². The Morgan fingerprint density at radius 3 is 2.17 bits per heavy atom. The summed E-state index contributed by atoms with van der Waals surface area (Å²) in [4.78, 5) is 2.25. The molecule has 0 aromatic heterocycles. The van der Waals surface area contributed by atoms with E-state index in [1.54, 1.807) is 42.5 Å². The van der Waals surface area contributed by atoms with Crippen molar-refractivity contribution >= 4 is 51.0 Å². The van der Waals surface area contributed by atoms with Crippen LogP contribution in [-0.4, -0.2) is 14.6 Å². The third kappa shape index (κ3) is 5.87. The first-order valence-electron chi connectivity index (χ1n) is 8.31. The molecule has 0 spiro atoms. The number of sulfonamides is 1. The van der Waals surface area contributed by atoms with Gasteiger partial charge in [0.25, 0.3) is 10.0 Å². The SMILES string of the molecule is O=S(=O)(N/N=C\c1cc(Cl)c(OCc2ccc(Cl)cc2)c(Cl)c1)c1ccccc1. The van der Waals surface area contributed by atoms with E-state index in [1.807, 2.05) is 12.1 Å². The lowest BCUT2D eigenvalue weighted by Gasteiger charge is -2.11. The topological polar surface area (TPSA) is 67.8 Å². The number of rotatable bonds is 7. The van der Waals surface area contributed by atoms with Gasteiger partial charge >= 0.3 is 0 Å². The molecule has 0 aliphatic rings. The zero-order valence-corrected chi connectivity index (χ0v) is 17.9. The smallest absolute Gasteiger partial charge is 0.276 e. The van der Waals surface area contributed by atoms with E-state index in [0.717, 1.165) is 5.56 Å². The van der Waals surface area contributed by atoms with Crippen molar-refractivity contribution in [3.8, 4) is 5.75 Å². The van der Waals surface area contributed by atoms with E-state index in [1.165, 1.54) is 18.3 Å². The van der Waals surface area contributed by atoms with Gasteiger partial charge in [0.1, 0.15) is 6.61 Å². The number of halogens is 3. The first-order valence-corrected chi connectivity index (χ1v) is 10.9. The quantitative estimate of drug-likeness (QED) is 0.365. The average molecular weight is 470 g/mol. The number of ether oxygens (including phenoxy) is 1. The van der Waals surface area contributed by atoms with Gasteiger partial charge in [0, 0.05) is 5.02 Å². The summed E-state index contributed by atoms with van der Waals surface area (Å²) < 4.78 is 30.0. The molecule has 3 rings (SSSR count). The summed E-state index contributed by atoms with van der Waals surface area (Å²) in [5.74, 6) is 0.324. The van der Waals surface area contributed by atoms with Gasteiger partial charge in [-0.3, -0.25) is 0 Å². The molecule has 0 atom stereocenters. The van der Waals surface area contributed by atoms with E-state index in [4.69, 9.17) is 39.5 Å². The van der Waals surface area contributed by atoms with Crippen molar-refractivity contribution in [3.63, 3.8) is 0 Å². The number of hydrazone groups is 1. The van der Waals surface area contributed by atoms with E-state index < -0.39 is 10.0 Å². The Labute approximate surface area is 183 Å². The predicted octanol–water partition coefficient (Wildman–Crippen LogP) is 5.54. The second-order valence-electron chi connectivity index (χ2n) is 5.89. The normalized spacial score (nSPS) is 11.6. The zero-order valence-electron chi connectivity index (χ0n) is 14.8. The van der Waals surface area contributed by atoms with Crippen LogP contribution in [-0.2, 0) is 16.6 Å². The fourth-order valence-corrected chi connectivity index (χ4v) is 3.90. The van der Waals surface area contributed by atoms with E-state index >= 15 is 0 Å². The van der Waals surface area contributed by atoms with Crippen molar-refractivity contribution in [3.05, 3.63) is 92.9 Å². The maximum atomic E-state index is 12.1. The summed E-state index contributed by atoms with van der Waals surface area (Å²) in [7, 11) is -3.75. The second kappa shape index (κ2) is 9.50. The molecule has 5 nitrogen and oxygen atoms in total. The highest BCUT2D eigenvalue weighted by atomic mass is 35.5. The number of benzene rings is 3. The highest BCUT2D eigenvalue weighted by Crippen LogP contribution is 2.34. The summed E-state index contributed by atoms with van der Waals surface area (Å²) in [6, 6.07) is 18.3. The van der Waals surface area contributed by atoms with Crippen LogP contribution in [0.5, 0.6) is 5.75 Å². The zero-order chi connectivity index (χ0) is 20.9. The summed E-state index contributed by atoms with van der Waals surface area (Å²) >= 11 is 18.4. The van der Waals surface area contributed by atoms with Crippen molar-refractivity contribution in [1.29, 1.82) is 0 Å². The van der Waals surface area contributed by atoms with Gasteiger partial charge in [-0.15, -0.1) is 0 Å². The predicted molar refractivity (Wildman–Crippen MR) is 117 cm³/mol. The van der Waals surface area contributed by atoms with Crippen molar-refractivity contribution in [2.24, 2.45) is 5.10 Å². The summed E-state index contributed by atoms with van der Waals surface area (Å²) in [5.41, 5.74) is 1.41. The van der Waals surface area contributed by atoms with Crippen LogP contribution in [0.15, 0.2) is 76.7 Å². The summed E-state index contributed by atoms with van der Waals surface area (Å²) in [5, 5.41) is 4.96. The van der Waals surface area contributed by atoms with Crippen molar-refractivity contribution in [2.75, 3.05) is 0 Å². The van der Waals surface area contributed by atoms with Gasteiger partial charge < -0.3 is 4.74 Å². The molecule has 9 heteroatoms. The Kier molecular flexibility index (Phi) is 7.03. The highest BCUT2D eigenvalue weighted by molar-refractivity contribution is 7.89. The molecule has 0 aliphatic heterocycles. The molecule has 29 heavy (non-hydrogen) atoms. The van der Waals surface area contributed by atoms with Gasteiger partial charge in [-0.2, -0.15) is 13.5 Å². The fourth-order valence-electron chi connectivity index (χ4n) is 2.35. The number of nitrogens with one attached hydrogen (secondary N) is 1. The van der Waals surface area contributed by atoms with Gasteiger partial charge in [0.05, 0.1) is 21.2 Å². The largest absolute Gasteiger partial charge is 0.486 e. The van der Waals surface area contributed by atoms with Crippen LogP contribution in [0.4, 0.5) is 0 Å². The van der Waals surface area contributed by atoms with Crippen LogP contribution in [0.1, 0.15) is 11.1 Å². The second-order valence-corrected chi connectivity index (χ2v) is 8.81. The third-order valence-electron chi connectivity index (χ3n) is 3.76. The Morgan fingerprint density at radius 2 is 1.55 bits per heavy atom. The minimum Gasteiger partial charge on any atom is -0.486 e. The molecule has 3 aromatic rings. The van der Waals surface area contributed by atoms with Crippen LogP contribution >= 0.6 is 34.8 Å². The molecular formula is C20H15Cl3N2O3S. The van der Waals surface area contributed by atoms with Gasteiger partial charge in [-0.25, -0.2) is 4.83 Å². The molecule has 0 amide bonds. The monoisotopic (exact) mass is 468 g/mol. The maximum Gasteiger partial charge on any atom is 0.276 e. The summed E-state index contributed by atoms with van der Waals surface area (Å²) in [6.45, 7) is 0.265. The van der Waals surface area contributed by atoms with E-state index in [0.29, 0.717) is 16.3 Å². The van der Waals surface area contributed by atoms with Gasteiger partial charge in [0.2, 0.25) is 0 Å². The number of nitrogens with zero attached hydrogens (tertiary/aromatic N) is 1. The fraction of sp³-hybridized carbons (Fsp3) is 0.0500. The molecule has 0 radical (unpaired) electrons. The van der Waals surface area contributed by atoms with Gasteiger partial charge in [-0.05, 0) is 47.5 Å². The molecular weight excluding hydrogens is 455 g/mol. The lowest BCUT2D eigenvalue weighted by Crippen LogP contribution is -2.18. The molecule has 1 N–H and O–H groups in total. The Morgan fingerprint density at radius 1 is 0.931 bits per heavy atom. The van der Waals surface area contributed by atoms with Crippen LogP contribution in [0.25, 0.3) is 0 Å². The molecule has 0 heterocycles. The van der Waals surface area contributed by atoms with Crippen LogP contribution in [0, 0.1) is 0 Å². The van der Waals surface area contributed by atoms with Crippen molar-refractivity contribution < 1.29 is 13.2 Å². The van der Waals surface area contributed by atoms with Crippen molar-refractivity contribution in [1.82, 2.24) is 4.83 Å². The molecule has 3 aromatic carbocycles. The Balaban J connectivity index is 1.68. The minimum absolute atomic E-state index is 0.110. The van der Waals surface area contributed by atoms with Crippen LogP contribution in [0.2, 0.25) is 15.1 Å². The lowest BCUT2D eigenvalue weighted by molar-refractivity contribution is 0.306. The molecule has 0 bridgehead atoms. The molecule has 0 saturated heterocycles. The molecule has 0 aliphatic carbocycles. The Hall–Kier alpha value is -2.25. The number of hydrogen-bond acceptors (Lipinski definition) is 4. The molecule has 0 saturated carbocycles. The van der Waals surface area contributed by atoms with Crippen LogP contribution < -0.4 is 9.57 Å².